The van der Waals surface area contributed by atoms with E-state index in [1.165, 1.54) is 12.1 Å². The highest BCUT2D eigenvalue weighted by molar-refractivity contribution is 6.18. The number of halogens is 1. The van der Waals surface area contributed by atoms with E-state index in [-0.39, 0.29) is 23.8 Å². The van der Waals surface area contributed by atoms with Gasteiger partial charge in [-0.3, -0.25) is 4.79 Å². The summed E-state index contributed by atoms with van der Waals surface area (Å²) in [5.41, 5.74) is 0.517. The van der Waals surface area contributed by atoms with Gasteiger partial charge in [-0.2, -0.15) is 0 Å². The number of benzene rings is 1. The number of carbonyl (C=O) groups excluding carboxylic acids is 1. The maximum Gasteiger partial charge on any atom is 0.231 e. The predicted octanol–water partition coefficient (Wildman–Crippen LogP) is 0.861. The summed E-state index contributed by atoms with van der Waals surface area (Å²) < 4.78 is 10.2. The third-order valence-electron chi connectivity index (χ3n) is 2.55. The number of aliphatic hydroxyl groups excluding tert-OH is 2. The van der Waals surface area contributed by atoms with E-state index >= 15 is 0 Å². The van der Waals surface area contributed by atoms with E-state index in [0.717, 1.165) is 0 Å². The van der Waals surface area contributed by atoms with Gasteiger partial charge in [-0.25, -0.2) is 0 Å². The molecular weight excluding hydrogens is 248 g/mol. The zero-order valence-electron chi connectivity index (χ0n) is 8.80. The van der Waals surface area contributed by atoms with E-state index in [0.29, 0.717) is 17.8 Å². The molecule has 0 aromatic heterocycles. The smallest absolute Gasteiger partial charge is 0.231 e. The molecule has 0 bridgehead atoms. The van der Waals surface area contributed by atoms with Gasteiger partial charge in [0.2, 0.25) is 6.79 Å². The maximum absolute atomic E-state index is 10.9. The van der Waals surface area contributed by atoms with Gasteiger partial charge in [-0.05, 0) is 17.7 Å². The molecule has 5 nitrogen and oxygen atoms in total. The van der Waals surface area contributed by atoms with Crippen molar-refractivity contribution < 1.29 is 24.5 Å². The highest BCUT2D eigenvalue weighted by Gasteiger charge is 2.24. The fraction of sp³-hybridized carbons (Fsp3) is 0.364. The molecule has 1 aromatic carbocycles. The number of rotatable bonds is 4. The van der Waals surface area contributed by atoms with Crippen molar-refractivity contribution in [1.82, 2.24) is 0 Å². The third kappa shape index (κ3) is 2.22. The van der Waals surface area contributed by atoms with Crippen molar-refractivity contribution in [2.45, 2.75) is 12.2 Å². The van der Waals surface area contributed by atoms with Crippen LogP contribution in [0.25, 0.3) is 0 Å². The van der Waals surface area contributed by atoms with Crippen molar-refractivity contribution in [3.63, 3.8) is 0 Å². The van der Waals surface area contributed by atoms with Crippen LogP contribution in [0.5, 0.6) is 11.5 Å². The average molecular weight is 259 g/mol. The lowest BCUT2D eigenvalue weighted by atomic mass is 9.99. The summed E-state index contributed by atoms with van der Waals surface area (Å²) in [4.78, 5) is 10.9. The van der Waals surface area contributed by atoms with Crippen LogP contribution in [0.4, 0.5) is 0 Å². The molecule has 0 radical (unpaired) electrons. The van der Waals surface area contributed by atoms with Gasteiger partial charge in [0, 0.05) is 5.56 Å². The van der Waals surface area contributed by atoms with Gasteiger partial charge in [-0.1, -0.05) is 0 Å². The molecule has 1 aliphatic heterocycles. The summed E-state index contributed by atoms with van der Waals surface area (Å²) in [6.07, 6.45) is -1.79. The molecule has 2 N–H and O–H groups in total. The number of fused-ring (bicyclic) bond motifs is 1. The first-order valence-corrected chi connectivity index (χ1v) is 5.51. The second-order valence-corrected chi connectivity index (χ2v) is 3.93. The number of hydrogen-bond acceptors (Lipinski definition) is 5. The standard InChI is InChI=1S/C11H11ClO5/c12-3-8(14)11(15)7-2-10-9(16-5-17-10)1-6(7)4-13/h1-2,4,8,11,14-15H,3,5H2. The summed E-state index contributed by atoms with van der Waals surface area (Å²) in [6.45, 7) is 0.0746. The van der Waals surface area contributed by atoms with Gasteiger partial charge in [0.15, 0.2) is 17.8 Å². The Morgan fingerprint density at radius 2 is 2.00 bits per heavy atom. The molecule has 2 atom stereocenters. The quantitative estimate of drug-likeness (QED) is 0.619. The number of carbonyl (C=O) groups is 1. The molecule has 1 aromatic rings. The molecule has 2 unspecified atom stereocenters. The molecule has 1 heterocycles. The van der Waals surface area contributed by atoms with Gasteiger partial charge in [0.1, 0.15) is 6.10 Å². The molecule has 92 valence electrons. The van der Waals surface area contributed by atoms with Crippen LogP contribution in [0.1, 0.15) is 22.0 Å². The fourth-order valence-electron chi connectivity index (χ4n) is 1.62. The summed E-state index contributed by atoms with van der Waals surface area (Å²) in [6, 6.07) is 2.95. The molecular formula is C11H11ClO5. The Morgan fingerprint density at radius 1 is 1.35 bits per heavy atom. The van der Waals surface area contributed by atoms with E-state index < -0.39 is 12.2 Å². The van der Waals surface area contributed by atoms with Gasteiger partial charge in [0.25, 0.3) is 0 Å². The third-order valence-corrected chi connectivity index (χ3v) is 2.86. The maximum atomic E-state index is 10.9. The zero-order valence-corrected chi connectivity index (χ0v) is 9.55. The van der Waals surface area contributed by atoms with Crippen molar-refractivity contribution >= 4 is 17.9 Å². The molecule has 0 saturated heterocycles. The molecule has 0 amide bonds. The first-order chi connectivity index (χ1) is 8.17. The van der Waals surface area contributed by atoms with E-state index in [1.54, 1.807) is 0 Å². The Balaban J connectivity index is 2.42. The van der Waals surface area contributed by atoms with Gasteiger partial charge in [-0.15, -0.1) is 11.6 Å². The Hall–Kier alpha value is -1.30. The van der Waals surface area contributed by atoms with Crippen LogP contribution in [0.2, 0.25) is 0 Å². The number of hydrogen-bond donors (Lipinski definition) is 2. The molecule has 1 aliphatic rings. The van der Waals surface area contributed by atoms with Crippen molar-refractivity contribution in [2.75, 3.05) is 12.7 Å². The summed E-state index contributed by atoms with van der Waals surface area (Å²) in [5, 5.41) is 19.3. The SMILES string of the molecule is O=Cc1cc2c(cc1C(O)C(O)CCl)OCO2. The van der Waals surface area contributed by atoms with E-state index in [9.17, 15) is 15.0 Å². The van der Waals surface area contributed by atoms with Crippen molar-refractivity contribution in [1.29, 1.82) is 0 Å². The summed E-state index contributed by atoms with van der Waals surface area (Å²) in [7, 11) is 0. The normalized spacial score (nSPS) is 16.6. The highest BCUT2D eigenvalue weighted by Crippen LogP contribution is 2.37. The van der Waals surface area contributed by atoms with Gasteiger partial charge in [0.05, 0.1) is 12.0 Å². The largest absolute Gasteiger partial charge is 0.454 e. The Kier molecular flexibility index (Phi) is 3.51. The van der Waals surface area contributed by atoms with Crippen LogP contribution in [-0.2, 0) is 0 Å². The topological polar surface area (TPSA) is 76.0 Å². The average Bonchev–Trinajstić information content (AvgIpc) is 2.82. The Morgan fingerprint density at radius 3 is 2.59 bits per heavy atom. The lowest BCUT2D eigenvalue weighted by Crippen LogP contribution is -2.20. The van der Waals surface area contributed by atoms with Crippen molar-refractivity contribution in [2.24, 2.45) is 0 Å². The van der Waals surface area contributed by atoms with Crippen LogP contribution in [0.15, 0.2) is 12.1 Å². The lowest BCUT2D eigenvalue weighted by molar-refractivity contribution is 0.0322. The van der Waals surface area contributed by atoms with Crippen LogP contribution < -0.4 is 9.47 Å². The second-order valence-electron chi connectivity index (χ2n) is 3.62. The number of aldehydes is 1. The second kappa shape index (κ2) is 4.91. The van der Waals surface area contributed by atoms with Crippen LogP contribution in [-0.4, -0.2) is 35.3 Å². The summed E-state index contributed by atoms with van der Waals surface area (Å²) in [5.74, 6) is 0.753. The molecule has 17 heavy (non-hydrogen) atoms. The highest BCUT2D eigenvalue weighted by atomic mass is 35.5. The van der Waals surface area contributed by atoms with E-state index in [1.807, 2.05) is 0 Å². The van der Waals surface area contributed by atoms with Crippen molar-refractivity contribution in [3.05, 3.63) is 23.3 Å². The predicted molar refractivity (Wildman–Crippen MR) is 59.6 cm³/mol. The molecule has 6 heteroatoms. The number of aliphatic hydroxyl groups is 2. The first-order valence-electron chi connectivity index (χ1n) is 4.98. The molecule has 0 fully saturated rings. The minimum atomic E-state index is -1.23. The minimum Gasteiger partial charge on any atom is -0.454 e. The fourth-order valence-corrected chi connectivity index (χ4v) is 1.79. The minimum absolute atomic E-state index is 0.0746. The van der Waals surface area contributed by atoms with Gasteiger partial charge >= 0.3 is 0 Å². The summed E-state index contributed by atoms with van der Waals surface area (Å²) >= 11 is 5.46. The van der Waals surface area contributed by atoms with E-state index in [2.05, 4.69) is 0 Å². The van der Waals surface area contributed by atoms with Crippen LogP contribution >= 0.6 is 11.6 Å². The Labute approximate surface area is 103 Å². The lowest BCUT2D eigenvalue weighted by Gasteiger charge is -2.17. The van der Waals surface area contributed by atoms with Gasteiger partial charge < -0.3 is 19.7 Å². The van der Waals surface area contributed by atoms with Crippen molar-refractivity contribution in [3.8, 4) is 11.5 Å². The number of ether oxygens (including phenoxy) is 2. The van der Waals surface area contributed by atoms with E-state index in [4.69, 9.17) is 21.1 Å². The molecule has 0 saturated carbocycles. The number of alkyl halides is 1. The Bertz CT molecular complexity index is 434. The molecule has 2 rings (SSSR count). The molecule has 0 aliphatic carbocycles. The molecule has 0 spiro atoms. The van der Waals surface area contributed by atoms with Crippen LogP contribution in [0.3, 0.4) is 0 Å². The monoisotopic (exact) mass is 258 g/mol. The van der Waals surface area contributed by atoms with Crippen LogP contribution in [0, 0.1) is 0 Å². The zero-order chi connectivity index (χ0) is 12.4. The first kappa shape index (κ1) is 12.2.